The number of phenolic OH excluding ortho intramolecular Hbond substituents is 1. The summed E-state index contributed by atoms with van der Waals surface area (Å²) in [7, 11) is 1.23. The number of carbonyl (C=O) groups is 2. The number of methoxy groups -OCH3 is 1. The molecule has 12 heteroatoms. The highest BCUT2D eigenvalue weighted by atomic mass is 16.8. The van der Waals surface area contributed by atoms with E-state index in [0.29, 0.717) is 5.56 Å². The van der Waals surface area contributed by atoms with Gasteiger partial charge in [0.05, 0.1) is 25.6 Å². The standard InChI is InChI=1S/C26H32O12/c1-12-17(36-19(29)8-5-13-3-6-14(28)7-4-13)9-15-16(24(33)34-2)11-35-25(20(12)15)38-26-23(32)22(31)21(30)18(10-27)37-26/h3-8,11-12,15,17-18,20-23,25-28,30-32H,9-10H2,1-2H3. The molecule has 12 nitrogen and oxygen atoms in total. The van der Waals surface area contributed by atoms with Crippen LogP contribution >= 0.6 is 0 Å². The number of aliphatic hydroxyl groups is 4. The lowest BCUT2D eigenvalue weighted by atomic mass is 9.83. The second kappa shape index (κ2) is 11.8. The average Bonchev–Trinajstić information content (AvgIpc) is 3.24. The van der Waals surface area contributed by atoms with Gasteiger partial charge in [-0.1, -0.05) is 19.1 Å². The summed E-state index contributed by atoms with van der Waals surface area (Å²) >= 11 is 0. The Hall–Kier alpha value is -3.00. The first-order chi connectivity index (χ1) is 18.1. The number of hydrogen-bond acceptors (Lipinski definition) is 12. The maximum Gasteiger partial charge on any atom is 0.337 e. The quantitative estimate of drug-likeness (QED) is 0.229. The minimum atomic E-state index is -1.64. The van der Waals surface area contributed by atoms with E-state index >= 15 is 0 Å². The third-order valence-electron chi connectivity index (χ3n) is 7.30. The fourth-order valence-electron chi connectivity index (χ4n) is 5.17. The zero-order chi connectivity index (χ0) is 27.6. The molecule has 1 aromatic carbocycles. The number of ether oxygens (including phenoxy) is 5. The molecule has 0 spiro atoms. The lowest BCUT2D eigenvalue weighted by Gasteiger charge is -2.43. The smallest absolute Gasteiger partial charge is 0.337 e. The summed E-state index contributed by atoms with van der Waals surface area (Å²) in [5, 5.41) is 49.4. The summed E-state index contributed by atoms with van der Waals surface area (Å²) in [5.74, 6) is -2.53. The maximum absolute atomic E-state index is 12.6. The van der Waals surface area contributed by atoms with Crippen LogP contribution in [0.15, 0.2) is 42.2 Å². The largest absolute Gasteiger partial charge is 0.508 e. The molecule has 1 saturated heterocycles. The number of aliphatic hydroxyl groups excluding tert-OH is 4. The fraction of sp³-hybridized carbons (Fsp3) is 0.538. The van der Waals surface area contributed by atoms with Gasteiger partial charge in [-0.25, -0.2) is 9.59 Å². The van der Waals surface area contributed by atoms with Gasteiger partial charge in [0, 0.05) is 23.8 Å². The summed E-state index contributed by atoms with van der Waals surface area (Å²) in [6.07, 6.45) is -4.90. The van der Waals surface area contributed by atoms with Gasteiger partial charge in [0.2, 0.25) is 6.29 Å². The molecule has 10 atom stereocenters. The molecule has 5 N–H and O–H groups in total. The van der Waals surface area contributed by atoms with Crippen LogP contribution in [-0.2, 0) is 33.3 Å². The number of rotatable bonds is 7. The van der Waals surface area contributed by atoms with Gasteiger partial charge in [-0.15, -0.1) is 0 Å². The van der Waals surface area contributed by atoms with Crippen molar-refractivity contribution >= 4 is 18.0 Å². The Kier molecular flexibility index (Phi) is 8.71. The number of fused-ring (bicyclic) bond motifs is 1. The van der Waals surface area contributed by atoms with Crippen LogP contribution in [0.5, 0.6) is 5.75 Å². The molecule has 208 valence electrons. The summed E-state index contributed by atoms with van der Waals surface area (Å²) in [5.41, 5.74) is 0.918. The molecule has 0 radical (unpaired) electrons. The molecule has 2 aliphatic heterocycles. The number of carbonyl (C=O) groups excluding carboxylic acids is 2. The van der Waals surface area contributed by atoms with Gasteiger partial charge < -0.3 is 49.2 Å². The highest BCUT2D eigenvalue weighted by Gasteiger charge is 2.54. The van der Waals surface area contributed by atoms with Crippen molar-refractivity contribution in [3.05, 3.63) is 47.7 Å². The molecular formula is C26H32O12. The van der Waals surface area contributed by atoms with E-state index in [-0.39, 0.29) is 23.7 Å². The highest BCUT2D eigenvalue weighted by molar-refractivity contribution is 5.89. The zero-order valence-electron chi connectivity index (χ0n) is 20.8. The van der Waals surface area contributed by atoms with Gasteiger partial charge in [0.15, 0.2) is 6.29 Å². The molecule has 4 rings (SSSR count). The van der Waals surface area contributed by atoms with E-state index in [2.05, 4.69) is 0 Å². The normalized spacial score (nSPS) is 36.7. The number of hydrogen-bond donors (Lipinski definition) is 5. The topological polar surface area (TPSA) is 181 Å². The van der Waals surface area contributed by atoms with Gasteiger partial charge >= 0.3 is 11.9 Å². The van der Waals surface area contributed by atoms with Crippen molar-refractivity contribution in [1.29, 1.82) is 0 Å². The van der Waals surface area contributed by atoms with Gasteiger partial charge in [-0.05, 0) is 30.2 Å². The molecule has 0 amide bonds. The zero-order valence-corrected chi connectivity index (χ0v) is 20.8. The Morgan fingerprint density at radius 3 is 2.45 bits per heavy atom. The Bertz CT molecular complexity index is 1050. The predicted molar refractivity (Wildman–Crippen MR) is 128 cm³/mol. The predicted octanol–water partition coefficient (Wildman–Crippen LogP) is -0.181. The Balaban J connectivity index is 1.50. The van der Waals surface area contributed by atoms with E-state index in [0.717, 1.165) is 0 Å². The fourth-order valence-corrected chi connectivity index (χ4v) is 5.17. The molecule has 2 heterocycles. The second-order valence-electron chi connectivity index (χ2n) is 9.58. The molecule has 1 saturated carbocycles. The van der Waals surface area contributed by atoms with Crippen molar-refractivity contribution in [1.82, 2.24) is 0 Å². The van der Waals surface area contributed by atoms with Crippen LogP contribution in [0, 0.1) is 17.8 Å². The van der Waals surface area contributed by atoms with E-state index < -0.39 is 73.5 Å². The first-order valence-electron chi connectivity index (χ1n) is 12.2. The molecule has 10 unspecified atom stereocenters. The maximum atomic E-state index is 12.6. The first-order valence-corrected chi connectivity index (χ1v) is 12.2. The lowest BCUT2D eigenvalue weighted by molar-refractivity contribution is -0.342. The summed E-state index contributed by atoms with van der Waals surface area (Å²) < 4.78 is 27.6. The van der Waals surface area contributed by atoms with Crippen LogP contribution in [0.25, 0.3) is 6.08 Å². The number of esters is 2. The minimum Gasteiger partial charge on any atom is -0.508 e. The minimum absolute atomic E-state index is 0.101. The Labute approximate surface area is 218 Å². The van der Waals surface area contributed by atoms with Crippen molar-refractivity contribution in [2.45, 2.75) is 56.4 Å². The van der Waals surface area contributed by atoms with Crippen molar-refractivity contribution in [2.75, 3.05) is 13.7 Å². The van der Waals surface area contributed by atoms with E-state index in [9.17, 15) is 35.1 Å². The molecule has 2 fully saturated rings. The third-order valence-corrected chi connectivity index (χ3v) is 7.30. The highest BCUT2D eigenvalue weighted by Crippen LogP contribution is 2.48. The van der Waals surface area contributed by atoms with Crippen LogP contribution in [0.2, 0.25) is 0 Å². The molecule has 0 bridgehead atoms. The number of aromatic hydroxyl groups is 1. The van der Waals surface area contributed by atoms with Crippen LogP contribution < -0.4 is 0 Å². The molecule has 0 aromatic heterocycles. The van der Waals surface area contributed by atoms with E-state index in [4.69, 9.17) is 23.7 Å². The number of benzene rings is 1. The van der Waals surface area contributed by atoms with Crippen LogP contribution in [0.3, 0.4) is 0 Å². The van der Waals surface area contributed by atoms with E-state index in [1.54, 1.807) is 25.1 Å². The van der Waals surface area contributed by atoms with Gasteiger partial charge in [0.1, 0.15) is 36.3 Å². The first kappa shape index (κ1) is 28.0. The Morgan fingerprint density at radius 2 is 1.79 bits per heavy atom. The lowest BCUT2D eigenvalue weighted by Crippen LogP contribution is -2.60. The van der Waals surface area contributed by atoms with Gasteiger partial charge in [-0.3, -0.25) is 0 Å². The van der Waals surface area contributed by atoms with Crippen molar-refractivity contribution in [3.8, 4) is 5.75 Å². The summed E-state index contributed by atoms with van der Waals surface area (Å²) in [6.45, 7) is 1.18. The molecule has 1 aliphatic carbocycles. The van der Waals surface area contributed by atoms with Crippen LogP contribution in [0.4, 0.5) is 0 Å². The van der Waals surface area contributed by atoms with E-state index in [1.165, 1.54) is 31.6 Å². The van der Waals surface area contributed by atoms with Gasteiger partial charge in [0.25, 0.3) is 0 Å². The SMILES string of the molecule is COC(=O)C1=COC(OC2OC(CO)C(O)C(O)C2O)C2C1CC(OC(=O)C=Cc1ccc(O)cc1)C2C. The summed E-state index contributed by atoms with van der Waals surface area (Å²) in [4.78, 5) is 25.0. The average molecular weight is 537 g/mol. The van der Waals surface area contributed by atoms with Crippen molar-refractivity contribution in [2.24, 2.45) is 17.8 Å². The summed E-state index contributed by atoms with van der Waals surface area (Å²) in [6, 6.07) is 6.26. The van der Waals surface area contributed by atoms with Crippen molar-refractivity contribution in [3.63, 3.8) is 0 Å². The monoisotopic (exact) mass is 536 g/mol. The number of phenols is 1. The van der Waals surface area contributed by atoms with Crippen LogP contribution in [-0.4, -0.2) is 94.3 Å². The van der Waals surface area contributed by atoms with E-state index in [1.807, 2.05) is 0 Å². The molecule has 3 aliphatic rings. The Morgan fingerprint density at radius 1 is 1.08 bits per heavy atom. The second-order valence-corrected chi connectivity index (χ2v) is 9.58. The van der Waals surface area contributed by atoms with Gasteiger partial charge in [-0.2, -0.15) is 0 Å². The molecule has 38 heavy (non-hydrogen) atoms. The molecular weight excluding hydrogens is 504 g/mol. The van der Waals surface area contributed by atoms with Crippen molar-refractivity contribution < 1.29 is 58.8 Å². The van der Waals surface area contributed by atoms with Crippen LogP contribution in [0.1, 0.15) is 18.9 Å². The molecule has 1 aromatic rings. The third kappa shape index (κ3) is 5.70.